The highest BCUT2D eigenvalue weighted by Gasteiger charge is 2.18. The number of nitrogens with zero attached hydrogens (tertiary/aromatic N) is 3. The molecule has 0 aliphatic heterocycles. The molecule has 0 fully saturated rings. The molecule has 124 valence electrons. The van der Waals surface area contributed by atoms with Gasteiger partial charge in [0.25, 0.3) is 5.91 Å². The number of aromatic nitrogens is 2. The summed E-state index contributed by atoms with van der Waals surface area (Å²) in [5, 5.41) is 15.7. The van der Waals surface area contributed by atoms with Gasteiger partial charge in [0.1, 0.15) is 17.6 Å². The molecule has 0 saturated carbocycles. The van der Waals surface area contributed by atoms with Crippen molar-refractivity contribution in [2.24, 2.45) is 0 Å². The number of nitrogens with one attached hydrogen (secondary N) is 1. The first-order chi connectivity index (χ1) is 12.0. The molecule has 0 aliphatic carbocycles. The van der Waals surface area contributed by atoms with Crippen LogP contribution in [0.1, 0.15) is 27.4 Å². The molecule has 0 saturated heterocycles. The lowest BCUT2D eigenvalue weighted by atomic mass is 10.0. The van der Waals surface area contributed by atoms with Crippen molar-refractivity contribution in [3.05, 3.63) is 64.8 Å². The van der Waals surface area contributed by atoms with Crippen LogP contribution in [0.25, 0.3) is 11.3 Å². The van der Waals surface area contributed by atoms with Crippen LogP contribution in [-0.2, 0) is 0 Å². The Balaban J connectivity index is 2.03. The fourth-order valence-corrected chi connectivity index (χ4v) is 2.37. The van der Waals surface area contributed by atoms with E-state index in [-0.39, 0.29) is 22.8 Å². The normalized spacial score (nSPS) is 10.3. The largest absolute Gasteiger partial charge is 0.360 e. The minimum absolute atomic E-state index is 0.162. The highest BCUT2D eigenvalue weighted by atomic mass is 19.1. The number of anilines is 1. The van der Waals surface area contributed by atoms with Crippen LogP contribution in [0.4, 0.5) is 10.2 Å². The monoisotopic (exact) mass is 336 g/mol. The zero-order valence-electron chi connectivity index (χ0n) is 13.5. The number of aryl methyl sites for hydroxylation is 2. The maximum absolute atomic E-state index is 13.1. The molecule has 2 heterocycles. The van der Waals surface area contributed by atoms with E-state index in [9.17, 15) is 14.4 Å². The number of hydrogen-bond acceptors (Lipinski definition) is 5. The summed E-state index contributed by atoms with van der Waals surface area (Å²) in [5.41, 5.74) is 1.85. The van der Waals surface area contributed by atoms with Crippen LogP contribution in [-0.4, -0.2) is 16.0 Å². The third kappa shape index (κ3) is 3.38. The van der Waals surface area contributed by atoms with Gasteiger partial charge in [0, 0.05) is 11.6 Å². The van der Waals surface area contributed by atoms with Gasteiger partial charge in [-0.15, -0.1) is 0 Å². The Morgan fingerprint density at radius 1 is 1.24 bits per heavy atom. The fraction of sp³-hybridized carbons (Fsp3) is 0.111. The summed E-state index contributed by atoms with van der Waals surface area (Å²) in [4.78, 5) is 16.9. The number of pyridine rings is 1. The van der Waals surface area contributed by atoms with Crippen molar-refractivity contribution in [1.29, 1.82) is 5.26 Å². The SMILES string of the molecule is Cc1cc(NC(=O)c2cc(-c3ccc(F)cc3)nc(C)c2C#N)no1. The van der Waals surface area contributed by atoms with E-state index >= 15 is 0 Å². The summed E-state index contributed by atoms with van der Waals surface area (Å²) in [6.45, 7) is 3.34. The molecule has 0 radical (unpaired) electrons. The van der Waals surface area contributed by atoms with Gasteiger partial charge in [0.2, 0.25) is 0 Å². The first kappa shape index (κ1) is 16.3. The van der Waals surface area contributed by atoms with Crippen LogP contribution in [0, 0.1) is 31.0 Å². The summed E-state index contributed by atoms with van der Waals surface area (Å²) in [6, 6.07) is 10.8. The smallest absolute Gasteiger partial charge is 0.258 e. The molecule has 6 nitrogen and oxygen atoms in total. The number of benzene rings is 1. The third-order valence-corrected chi connectivity index (χ3v) is 3.57. The lowest BCUT2D eigenvalue weighted by Gasteiger charge is -2.09. The molecule has 3 aromatic rings. The lowest BCUT2D eigenvalue weighted by Crippen LogP contribution is -2.15. The molecule has 25 heavy (non-hydrogen) atoms. The molecule has 0 unspecified atom stereocenters. The Morgan fingerprint density at radius 2 is 1.96 bits per heavy atom. The quantitative estimate of drug-likeness (QED) is 0.788. The van der Waals surface area contributed by atoms with Crippen LogP contribution < -0.4 is 5.32 Å². The molecule has 3 rings (SSSR count). The van der Waals surface area contributed by atoms with E-state index in [4.69, 9.17) is 4.52 Å². The van der Waals surface area contributed by atoms with E-state index in [1.54, 1.807) is 32.0 Å². The first-order valence-electron chi connectivity index (χ1n) is 7.40. The van der Waals surface area contributed by atoms with Crippen molar-refractivity contribution in [3.8, 4) is 17.3 Å². The third-order valence-electron chi connectivity index (χ3n) is 3.57. The average Bonchev–Trinajstić information content (AvgIpc) is 2.99. The summed E-state index contributed by atoms with van der Waals surface area (Å²) in [6.07, 6.45) is 0. The Morgan fingerprint density at radius 3 is 2.56 bits per heavy atom. The molecular weight excluding hydrogens is 323 g/mol. The number of hydrogen-bond donors (Lipinski definition) is 1. The minimum Gasteiger partial charge on any atom is -0.360 e. The number of halogens is 1. The molecule has 0 atom stereocenters. The van der Waals surface area contributed by atoms with Gasteiger partial charge in [-0.25, -0.2) is 4.39 Å². The standard InChI is InChI=1S/C18H13FN4O2/c1-10-7-17(23-25-10)22-18(24)14-8-16(21-11(2)15(14)9-20)12-3-5-13(19)6-4-12/h3-8H,1-2H3,(H,22,23,24). The Kier molecular flexibility index (Phi) is 4.27. The summed E-state index contributed by atoms with van der Waals surface area (Å²) in [7, 11) is 0. The molecular formula is C18H13FN4O2. The van der Waals surface area contributed by atoms with E-state index < -0.39 is 5.91 Å². The molecule has 1 N–H and O–H groups in total. The van der Waals surface area contributed by atoms with Gasteiger partial charge in [-0.3, -0.25) is 9.78 Å². The van der Waals surface area contributed by atoms with Gasteiger partial charge in [-0.05, 0) is 44.2 Å². The number of amides is 1. The highest BCUT2D eigenvalue weighted by molar-refractivity contribution is 6.06. The van der Waals surface area contributed by atoms with Crippen molar-refractivity contribution in [3.63, 3.8) is 0 Å². The zero-order chi connectivity index (χ0) is 18.0. The highest BCUT2D eigenvalue weighted by Crippen LogP contribution is 2.23. The van der Waals surface area contributed by atoms with Crippen LogP contribution in [0.15, 0.2) is 40.9 Å². The molecule has 2 aromatic heterocycles. The van der Waals surface area contributed by atoms with Gasteiger partial charge in [-0.2, -0.15) is 5.26 Å². The zero-order valence-corrected chi connectivity index (χ0v) is 13.5. The fourth-order valence-electron chi connectivity index (χ4n) is 2.37. The Labute approximate surface area is 142 Å². The predicted molar refractivity (Wildman–Crippen MR) is 88.3 cm³/mol. The Bertz CT molecular complexity index is 987. The first-order valence-corrected chi connectivity index (χ1v) is 7.40. The van der Waals surface area contributed by atoms with E-state index in [1.165, 1.54) is 18.2 Å². The second kappa shape index (κ2) is 6.53. The second-order valence-electron chi connectivity index (χ2n) is 5.41. The van der Waals surface area contributed by atoms with Crippen LogP contribution >= 0.6 is 0 Å². The number of carbonyl (C=O) groups excluding carboxylic acids is 1. The van der Waals surface area contributed by atoms with Crippen LogP contribution in [0.2, 0.25) is 0 Å². The van der Waals surface area contributed by atoms with E-state index in [0.717, 1.165) is 0 Å². The number of carbonyl (C=O) groups is 1. The summed E-state index contributed by atoms with van der Waals surface area (Å²) >= 11 is 0. The molecule has 0 aliphatic rings. The molecule has 1 aromatic carbocycles. The van der Waals surface area contributed by atoms with Crippen molar-refractivity contribution in [1.82, 2.24) is 10.1 Å². The molecule has 7 heteroatoms. The summed E-state index contributed by atoms with van der Waals surface area (Å²) in [5.74, 6) is -0.0647. The van der Waals surface area contributed by atoms with E-state index in [1.807, 2.05) is 6.07 Å². The second-order valence-corrected chi connectivity index (χ2v) is 5.41. The van der Waals surface area contributed by atoms with Gasteiger partial charge in [-0.1, -0.05) is 5.16 Å². The summed E-state index contributed by atoms with van der Waals surface area (Å²) < 4.78 is 18.0. The van der Waals surface area contributed by atoms with Crippen LogP contribution in [0.3, 0.4) is 0 Å². The van der Waals surface area contributed by atoms with Crippen molar-refractivity contribution >= 4 is 11.7 Å². The maximum atomic E-state index is 13.1. The molecule has 0 bridgehead atoms. The minimum atomic E-state index is -0.501. The van der Waals surface area contributed by atoms with Crippen molar-refractivity contribution in [2.45, 2.75) is 13.8 Å². The Hall–Kier alpha value is -3.53. The topological polar surface area (TPSA) is 91.8 Å². The number of nitriles is 1. The molecule has 1 amide bonds. The van der Waals surface area contributed by atoms with Crippen molar-refractivity contribution in [2.75, 3.05) is 5.32 Å². The number of rotatable bonds is 3. The van der Waals surface area contributed by atoms with Gasteiger partial charge in [0.15, 0.2) is 5.82 Å². The van der Waals surface area contributed by atoms with E-state index in [0.29, 0.717) is 22.7 Å². The van der Waals surface area contributed by atoms with E-state index in [2.05, 4.69) is 15.5 Å². The van der Waals surface area contributed by atoms with Gasteiger partial charge < -0.3 is 9.84 Å². The predicted octanol–water partition coefficient (Wildman–Crippen LogP) is 3.62. The van der Waals surface area contributed by atoms with Crippen LogP contribution in [0.5, 0.6) is 0 Å². The maximum Gasteiger partial charge on any atom is 0.258 e. The lowest BCUT2D eigenvalue weighted by molar-refractivity contribution is 0.102. The molecule has 0 spiro atoms. The van der Waals surface area contributed by atoms with Gasteiger partial charge >= 0.3 is 0 Å². The van der Waals surface area contributed by atoms with Gasteiger partial charge in [0.05, 0.1) is 22.5 Å². The average molecular weight is 336 g/mol. The van der Waals surface area contributed by atoms with Crippen molar-refractivity contribution < 1.29 is 13.7 Å².